The lowest BCUT2D eigenvalue weighted by Gasteiger charge is -2.14. The quantitative estimate of drug-likeness (QED) is 0.258. The lowest BCUT2D eigenvalue weighted by molar-refractivity contribution is -0.113. The molecule has 0 bridgehead atoms. The van der Waals surface area contributed by atoms with E-state index in [2.05, 4.69) is 20.8 Å². The summed E-state index contributed by atoms with van der Waals surface area (Å²) < 4.78 is 44.3. The second kappa shape index (κ2) is 12.9. The van der Waals surface area contributed by atoms with Crippen molar-refractivity contribution in [3.8, 4) is 22.9 Å². The molecule has 13 heteroatoms. The summed E-state index contributed by atoms with van der Waals surface area (Å²) in [7, 11) is 4.36. The lowest BCUT2D eigenvalue weighted by Crippen LogP contribution is -2.25. The molecule has 2 N–H and O–H groups in total. The van der Waals surface area contributed by atoms with Crippen molar-refractivity contribution in [1.29, 1.82) is 0 Å². The van der Waals surface area contributed by atoms with Gasteiger partial charge in [-0.1, -0.05) is 11.8 Å². The maximum absolute atomic E-state index is 13.6. The van der Waals surface area contributed by atoms with Gasteiger partial charge in [-0.15, -0.1) is 10.2 Å². The fraction of sp³-hybridized carbons (Fsp3) is 0.185. The third-order valence-corrected chi connectivity index (χ3v) is 6.51. The highest BCUT2D eigenvalue weighted by molar-refractivity contribution is 7.99. The Morgan fingerprint density at radius 1 is 0.875 bits per heavy atom. The van der Waals surface area contributed by atoms with Crippen LogP contribution in [0, 0.1) is 11.6 Å². The minimum atomic E-state index is -0.444. The van der Waals surface area contributed by atoms with Crippen LogP contribution in [0.25, 0.3) is 5.69 Å². The molecular formula is C27H25F2N5O5S. The van der Waals surface area contributed by atoms with Gasteiger partial charge < -0.3 is 24.8 Å². The summed E-state index contributed by atoms with van der Waals surface area (Å²) in [5, 5.41) is 14.2. The average molecular weight is 570 g/mol. The molecule has 1 aromatic heterocycles. The van der Waals surface area contributed by atoms with Crippen LogP contribution in [0.5, 0.6) is 17.2 Å². The molecule has 10 nitrogen and oxygen atoms in total. The number of carbonyl (C=O) groups is 2. The first-order valence-electron chi connectivity index (χ1n) is 11.8. The first-order chi connectivity index (χ1) is 19.3. The van der Waals surface area contributed by atoms with E-state index < -0.39 is 17.5 Å². The predicted octanol–water partition coefficient (Wildman–Crippen LogP) is 4.23. The largest absolute Gasteiger partial charge is 0.493 e. The molecule has 0 atom stereocenters. The molecule has 0 saturated heterocycles. The van der Waals surface area contributed by atoms with Crippen molar-refractivity contribution in [3.63, 3.8) is 0 Å². The fourth-order valence-corrected chi connectivity index (χ4v) is 4.46. The Balaban J connectivity index is 1.52. The van der Waals surface area contributed by atoms with E-state index in [0.717, 1.165) is 11.8 Å². The number of amides is 2. The topological polar surface area (TPSA) is 117 Å². The van der Waals surface area contributed by atoms with Gasteiger partial charge in [0.1, 0.15) is 11.6 Å². The van der Waals surface area contributed by atoms with Gasteiger partial charge in [-0.25, -0.2) is 8.78 Å². The van der Waals surface area contributed by atoms with Crippen molar-refractivity contribution < 1.29 is 32.6 Å². The first-order valence-corrected chi connectivity index (χ1v) is 12.8. The van der Waals surface area contributed by atoms with E-state index in [9.17, 15) is 18.4 Å². The molecule has 2 amide bonds. The van der Waals surface area contributed by atoms with Gasteiger partial charge in [0, 0.05) is 16.9 Å². The molecule has 0 radical (unpaired) electrons. The molecule has 0 aliphatic heterocycles. The van der Waals surface area contributed by atoms with Gasteiger partial charge in [0.2, 0.25) is 11.7 Å². The summed E-state index contributed by atoms with van der Waals surface area (Å²) in [6.07, 6.45) is 0. The first kappa shape index (κ1) is 28.4. The molecule has 0 saturated carbocycles. The summed E-state index contributed by atoms with van der Waals surface area (Å²) in [6, 6.07) is 14.1. The maximum atomic E-state index is 13.6. The monoisotopic (exact) mass is 569 g/mol. The van der Waals surface area contributed by atoms with E-state index in [0.29, 0.717) is 39.6 Å². The highest BCUT2D eigenvalue weighted by Crippen LogP contribution is 2.38. The molecule has 4 aromatic rings. The molecule has 40 heavy (non-hydrogen) atoms. The maximum Gasteiger partial charge on any atom is 0.251 e. The predicted molar refractivity (Wildman–Crippen MR) is 144 cm³/mol. The van der Waals surface area contributed by atoms with Gasteiger partial charge in [-0.2, -0.15) is 0 Å². The number of halogens is 2. The Morgan fingerprint density at radius 3 is 2.05 bits per heavy atom. The third kappa shape index (κ3) is 6.67. The summed E-state index contributed by atoms with van der Waals surface area (Å²) in [5.41, 5.74) is 1.24. The number of nitrogens with one attached hydrogen (secondary N) is 2. The number of hydrogen-bond donors (Lipinski definition) is 2. The Bertz CT molecular complexity index is 1470. The number of benzene rings is 3. The Morgan fingerprint density at radius 2 is 1.48 bits per heavy atom. The minimum absolute atomic E-state index is 0.0332. The number of nitrogens with zero attached hydrogens (tertiary/aromatic N) is 3. The molecule has 0 aliphatic rings. The molecular weight excluding hydrogens is 544 g/mol. The van der Waals surface area contributed by atoms with Gasteiger partial charge in [0.25, 0.3) is 5.91 Å². The molecule has 3 aromatic carbocycles. The number of ether oxygens (including phenoxy) is 3. The van der Waals surface area contributed by atoms with Gasteiger partial charge in [-0.3, -0.25) is 14.2 Å². The van der Waals surface area contributed by atoms with E-state index in [-0.39, 0.29) is 23.8 Å². The van der Waals surface area contributed by atoms with Gasteiger partial charge >= 0.3 is 0 Å². The molecule has 208 valence electrons. The minimum Gasteiger partial charge on any atom is -0.493 e. The molecule has 0 fully saturated rings. The van der Waals surface area contributed by atoms with E-state index in [1.54, 1.807) is 4.57 Å². The van der Waals surface area contributed by atoms with E-state index in [1.807, 2.05) is 0 Å². The van der Waals surface area contributed by atoms with E-state index in [4.69, 9.17) is 14.2 Å². The van der Waals surface area contributed by atoms with Crippen molar-refractivity contribution in [1.82, 2.24) is 20.1 Å². The molecule has 4 rings (SSSR count). The molecule has 0 unspecified atom stereocenters. The fourth-order valence-electron chi connectivity index (χ4n) is 3.69. The average Bonchev–Trinajstić information content (AvgIpc) is 3.38. The van der Waals surface area contributed by atoms with Crippen molar-refractivity contribution in [3.05, 3.63) is 83.7 Å². The van der Waals surface area contributed by atoms with Gasteiger partial charge in [0.15, 0.2) is 22.5 Å². The van der Waals surface area contributed by atoms with Crippen molar-refractivity contribution >= 4 is 29.3 Å². The third-order valence-electron chi connectivity index (χ3n) is 5.58. The summed E-state index contributed by atoms with van der Waals surface area (Å²) in [4.78, 5) is 25.5. The lowest BCUT2D eigenvalue weighted by atomic mass is 10.1. The number of methoxy groups -OCH3 is 3. The van der Waals surface area contributed by atoms with Crippen LogP contribution in [0.1, 0.15) is 16.2 Å². The number of anilines is 1. The van der Waals surface area contributed by atoms with E-state index in [1.165, 1.54) is 82.0 Å². The second-order valence-electron chi connectivity index (χ2n) is 8.15. The van der Waals surface area contributed by atoms with Crippen LogP contribution in [0.2, 0.25) is 0 Å². The standard InChI is InChI=1S/C27H25F2N5O5S/c1-37-21-12-16(13-22(38-2)25(21)39-3)26(36)30-14-23-32-33-27(34(23)20-10-6-18(29)7-11-20)40-15-24(35)31-19-8-4-17(28)5-9-19/h4-13H,14-15H2,1-3H3,(H,30,36)(H,31,35). The summed E-state index contributed by atoms with van der Waals surface area (Å²) >= 11 is 1.09. The number of carbonyl (C=O) groups excluding carboxylic acids is 2. The number of thioether (sulfide) groups is 1. The summed E-state index contributed by atoms with van der Waals surface area (Å²) in [5.74, 6) is -0.334. The molecule has 0 aliphatic carbocycles. The van der Waals surface area contributed by atoms with Crippen molar-refractivity contribution in [2.24, 2.45) is 0 Å². The highest BCUT2D eigenvalue weighted by Gasteiger charge is 2.20. The zero-order valence-electron chi connectivity index (χ0n) is 21.7. The highest BCUT2D eigenvalue weighted by atomic mass is 32.2. The van der Waals surface area contributed by atoms with Crippen LogP contribution in [0.4, 0.5) is 14.5 Å². The van der Waals surface area contributed by atoms with Gasteiger partial charge in [-0.05, 0) is 60.7 Å². The summed E-state index contributed by atoms with van der Waals surface area (Å²) in [6.45, 7) is -0.0395. The van der Waals surface area contributed by atoms with Gasteiger partial charge in [0.05, 0.1) is 33.6 Å². The van der Waals surface area contributed by atoms with Crippen LogP contribution >= 0.6 is 11.8 Å². The Labute approximate surface area is 232 Å². The number of rotatable bonds is 11. The molecule has 0 spiro atoms. The Kier molecular flexibility index (Phi) is 9.17. The SMILES string of the molecule is COc1cc(C(=O)NCc2nnc(SCC(=O)Nc3ccc(F)cc3)n2-c2ccc(F)cc2)cc(OC)c1OC. The van der Waals surface area contributed by atoms with Crippen LogP contribution in [0.15, 0.2) is 65.8 Å². The second-order valence-corrected chi connectivity index (χ2v) is 9.09. The molecule has 1 heterocycles. The van der Waals surface area contributed by atoms with Crippen LogP contribution in [0.3, 0.4) is 0 Å². The number of aromatic nitrogens is 3. The van der Waals surface area contributed by atoms with Crippen LogP contribution in [-0.4, -0.2) is 53.7 Å². The van der Waals surface area contributed by atoms with Crippen molar-refractivity contribution in [2.75, 3.05) is 32.4 Å². The zero-order chi connectivity index (χ0) is 28.6. The smallest absolute Gasteiger partial charge is 0.251 e. The van der Waals surface area contributed by atoms with E-state index >= 15 is 0 Å². The van der Waals surface area contributed by atoms with Crippen molar-refractivity contribution in [2.45, 2.75) is 11.7 Å². The zero-order valence-corrected chi connectivity index (χ0v) is 22.6. The number of hydrogen-bond acceptors (Lipinski definition) is 8. The van der Waals surface area contributed by atoms with Crippen LogP contribution in [-0.2, 0) is 11.3 Å². The normalized spacial score (nSPS) is 10.6. The van der Waals surface area contributed by atoms with Crippen LogP contribution < -0.4 is 24.8 Å². The Hall–Kier alpha value is -4.65.